The molecule has 9 nitrogen and oxygen atoms in total. The van der Waals surface area contributed by atoms with Crippen LogP contribution in [0.15, 0.2) is 65.6 Å². The Balaban J connectivity index is 1.85. The van der Waals surface area contributed by atoms with Crippen molar-refractivity contribution in [3.8, 4) is 22.9 Å². The van der Waals surface area contributed by atoms with Crippen LogP contribution < -0.4 is 20.5 Å². The van der Waals surface area contributed by atoms with Crippen molar-refractivity contribution in [2.24, 2.45) is 0 Å². The van der Waals surface area contributed by atoms with Gasteiger partial charge in [0.1, 0.15) is 13.8 Å². The Morgan fingerprint density at radius 3 is 2.22 bits per heavy atom. The van der Waals surface area contributed by atoms with Crippen LogP contribution in [0.4, 0.5) is 17.3 Å². The van der Waals surface area contributed by atoms with Gasteiger partial charge in [-0.3, -0.25) is 14.2 Å². The van der Waals surface area contributed by atoms with Crippen LogP contribution in [0, 0.1) is 11.5 Å². The summed E-state index contributed by atoms with van der Waals surface area (Å²) in [5.74, 6) is 4.23. The molecule has 2 aromatic heterocycles. The third-order valence-corrected chi connectivity index (χ3v) is 15.0. The van der Waals surface area contributed by atoms with Crippen molar-refractivity contribution in [3.63, 3.8) is 0 Å². The van der Waals surface area contributed by atoms with Crippen molar-refractivity contribution in [2.75, 3.05) is 45.0 Å². The summed E-state index contributed by atoms with van der Waals surface area (Å²) in [4.78, 5) is 39.3. The van der Waals surface area contributed by atoms with Crippen LogP contribution >= 0.6 is 0 Å². The molecular weight excluding hydrogens is 593 g/mol. The Labute approximate surface area is 273 Å². The molecule has 2 aromatic carbocycles. The lowest BCUT2D eigenvalue weighted by molar-refractivity contribution is -0.118. The van der Waals surface area contributed by atoms with E-state index in [1.165, 1.54) is 0 Å². The SMILES string of the molecule is COc1cc(N(C)C(=O)CN(C)C)ccc1Nc1ncc2c(C#C[Si](C(C)C)(C(C)C)C(C)C)cc(=O)n(-c3ccccc3)c2n1. The maximum Gasteiger partial charge on any atom is 0.258 e. The minimum atomic E-state index is -2.06. The number of carbonyl (C=O) groups excluding carboxylic acids is 1. The second-order valence-corrected chi connectivity index (χ2v) is 18.4. The number of carbonyl (C=O) groups is 1. The number of ether oxygens (including phenoxy) is 1. The molecule has 0 atom stereocenters. The number of fused-ring (bicyclic) bond motifs is 1. The molecule has 0 fully saturated rings. The van der Waals surface area contributed by atoms with Gasteiger partial charge in [0, 0.05) is 36.6 Å². The van der Waals surface area contributed by atoms with Crippen molar-refractivity contribution in [1.29, 1.82) is 0 Å². The minimum Gasteiger partial charge on any atom is -0.494 e. The topological polar surface area (TPSA) is 92.6 Å². The molecule has 0 bridgehead atoms. The summed E-state index contributed by atoms with van der Waals surface area (Å²) >= 11 is 0. The highest BCUT2D eigenvalue weighted by atomic mass is 28.3. The second kappa shape index (κ2) is 14.3. The van der Waals surface area contributed by atoms with Crippen molar-refractivity contribution < 1.29 is 9.53 Å². The number of hydrogen-bond donors (Lipinski definition) is 1. The molecular formula is C36H46N6O3Si. The predicted molar refractivity (Wildman–Crippen MR) is 191 cm³/mol. The third-order valence-electron chi connectivity index (χ3n) is 8.70. The highest BCUT2D eigenvalue weighted by molar-refractivity contribution is 6.90. The number of anilines is 3. The fourth-order valence-electron chi connectivity index (χ4n) is 6.34. The molecule has 4 rings (SSSR count). The molecule has 0 aliphatic heterocycles. The van der Waals surface area contributed by atoms with Gasteiger partial charge in [-0.1, -0.05) is 65.7 Å². The number of likely N-dealkylation sites (N-methyl/N-ethyl adjacent to an activating group) is 2. The molecule has 4 aromatic rings. The summed E-state index contributed by atoms with van der Waals surface area (Å²) in [5, 5.41) is 3.96. The molecule has 0 unspecified atom stereocenters. The van der Waals surface area contributed by atoms with E-state index in [2.05, 4.69) is 63.3 Å². The average molecular weight is 639 g/mol. The van der Waals surface area contributed by atoms with Gasteiger partial charge in [0.2, 0.25) is 11.9 Å². The monoisotopic (exact) mass is 638 g/mol. The van der Waals surface area contributed by atoms with Crippen LogP contribution in [0.2, 0.25) is 16.6 Å². The molecule has 10 heteroatoms. The maximum atomic E-state index is 13.7. The van der Waals surface area contributed by atoms with Gasteiger partial charge >= 0.3 is 0 Å². The minimum absolute atomic E-state index is 0.0431. The zero-order valence-corrected chi connectivity index (χ0v) is 29.7. The highest BCUT2D eigenvalue weighted by Gasteiger charge is 2.41. The Morgan fingerprint density at radius 2 is 1.63 bits per heavy atom. The van der Waals surface area contributed by atoms with Crippen molar-refractivity contribution >= 4 is 42.3 Å². The number of amides is 1. The number of pyridine rings is 1. The zero-order valence-electron chi connectivity index (χ0n) is 28.7. The maximum absolute atomic E-state index is 13.7. The number of nitrogens with zero attached hydrogens (tertiary/aromatic N) is 5. The van der Waals surface area contributed by atoms with Gasteiger partial charge in [-0.25, -0.2) is 4.98 Å². The lowest BCUT2D eigenvalue weighted by atomic mass is 10.2. The lowest BCUT2D eigenvalue weighted by Gasteiger charge is -2.38. The first-order chi connectivity index (χ1) is 21.8. The molecule has 0 aliphatic carbocycles. The molecule has 1 N–H and O–H groups in total. The van der Waals surface area contributed by atoms with E-state index in [0.717, 1.165) is 0 Å². The third kappa shape index (κ3) is 7.01. The summed E-state index contributed by atoms with van der Waals surface area (Å²) in [6, 6.07) is 16.5. The average Bonchev–Trinajstić information content (AvgIpc) is 3.00. The van der Waals surface area contributed by atoms with E-state index in [0.29, 0.717) is 62.0 Å². The summed E-state index contributed by atoms with van der Waals surface area (Å²) in [5.41, 5.74) is 7.99. The van der Waals surface area contributed by atoms with E-state index >= 15 is 0 Å². The first-order valence-corrected chi connectivity index (χ1v) is 17.9. The molecule has 0 aliphatic rings. The molecule has 0 radical (unpaired) electrons. The zero-order chi connectivity index (χ0) is 33.8. The first kappa shape index (κ1) is 34.4. The first-order valence-electron chi connectivity index (χ1n) is 15.7. The molecule has 2 heterocycles. The number of benzene rings is 2. The number of para-hydroxylation sites is 1. The summed E-state index contributed by atoms with van der Waals surface area (Å²) in [6.07, 6.45) is 1.73. The molecule has 46 heavy (non-hydrogen) atoms. The van der Waals surface area contributed by atoms with Gasteiger partial charge in [-0.2, -0.15) is 4.98 Å². The predicted octanol–water partition coefficient (Wildman–Crippen LogP) is 6.63. The molecule has 0 saturated carbocycles. The standard InChI is InChI=1S/C36H46N6O3Si/c1-24(2)46(25(3)4,26(5)6)19-18-27-20-33(43)42(28-14-12-11-13-15-28)35-30(27)22-37-36(39-35)38-31-17-16-29(21-32(31)45-10)41(9)34(44)23-40(7)8/h11-17,20-22,24-26H,23H2,1-10H3,(H,37,38,39). The van der Waals surface area contributed by atoms with E-state index in [1.807, 2.05) is 61.5 Å². The van der Waals surface area contributed by atoms with Crippen LogP contribution in [0.5, 0.6) is 5.75 Å². The van der Waals surface area contributed by atoms with Crippen LogP contribution in [0.3, 0.4) is 0 Å². The smallest absolute Gasteiger partial charge is 0.258 e. The van der Waals surface area contributed by atoms with E-state index in [-0.39, 0.29) is 18.0 Å². The van der Waals surface area contributed by atoms with Gasteiger partial charge in [-0.05, 0) is 55.0 Å². The van der Waals surface area contributed by atoms with E-state index in [4.69, 9.17) is 9.72 Å². The van der Waals surface area contributed by atoms with E-state index < -0.39 is 8.07 Å². The van der Waals surface area contributed by atoms with Crippen molar-refractivity contribution in [3.05, 3.63) is 76.7 Å². The molecule has 242 valence electrons. The van der Waals surface area contributed by atoms with Crippen molar-refractivity contribution in [1.82, 2.24) is 19.4 Å². The van der Waals surface area contributed by atoms with Crippen LogP contribution in [0.1, 0.15) is 47.1 Å². The highest BCUT2D eigenvalue weighted by Crippen LogP contribution is 2.41. The van der Waals surface area contributed by atoms with Crippen LogP contribution in [-0.2, 0) is 4.79 Å². The van der Waals surface area contributed by atoms with Gasteiger partial charge in [0.25, 0.3) is 5.56 Å². The molecule has 1 amide bonds. The Morgan fingerprint density at radius 1 is 0.978 bits per heavy atom. The van der Waals surface area contributed by atoms with Gasteiger partial charge in [0.05, 0.1) is 30.4 Å². The van der Waals surface area contributed by atoms with Crippen LogP contribution in [-0.4, -0.2) is 68.2 Å². The van der Waals surface area contributed by atoms with Gasteiger partial charge < -0.3 is 19.9 Å². The second-order valence-electron chi connectivity index (χ2n) is 12.8. The van der Waals surface area contributed by atoms with Crippen molar-refractivity contribution in [2.45, 2.75) is 58.2 Å². The van der Waals surface area contributed by atoms with Gasteiger partial charge in [0.15, 0.2) is 5.65 Å². The summed E-state index contributed by atoms with van der Waals surface area (Å²) in [6.45, 7) is 13.9. The Hall–Kier alpha value is -4.46. The van der Waals surface area contributed by atoms with Crippen LogP contribution in [0.25, 0.3) is 16.7 Å². The largest absolute Gasteiger partial charge is 0.494 e. The number of rotatable bonds is 10. The summed E-state index contributed by atoms with van der Waals surface area (Å²) < 4.78 is 7.27. The Kier molecular flexibility index (Phi) is 10.7. The Bertz CT molecular complexity index is 1800. The molecule has 0 spiro atoms. The number of aromatic nitrogens is 3. The molecule has 0 saturated heterocycles. The quantitative estimate of drug-likeness (QED) is 0.154. The fraction of sp³-hybridized carbons (Fsp3) is 0.389. The fourth-order valence-corrected chi connectivity index (χ4v) is 11.6. The van der Waals surface area contributed by atoms with E-state index in [9.17, 15) is 9.59 Å². The normalized spacial score (nSPS) is 11.7. The number of nitrogens with one attached hydrogen (secondary N) is 1. The van der Waals surface area contributed by atoms with E-state index in [1.54, 1.807) is 42.0 Å². The lowest BCUT2D eigenvalue weighted by Crippen LogP contribution is -2.43. The number of methoxy groups -OCH3 is 1. The van der Waals surface area contributed by atoms with Gasteiger partial charge in [-0.15, -0.1) is 5.54 Å². The number of hydrogen-bond acceptors (Lipinski definition) is 7. The summed E-state index contributed by atoms with van der Waals surface area (Å²) in [7, 11) is 4.96.